The van der Waals surface area contributed by atoms with Gasteiger partial charge in [-0.05, 0) is 13.8 Å². The van der Waals surface area contributed by atoms with E-state index < -0.39 is 46.5 Å². The van der Waals surface area contributed by atoms with E-state index in [0.29, 0.717) is 11.1 Å². The fraction of sp³-hybridized carbons (Fsp3) is 0.286. The van der Waals surface area contributed by atoms with E-state index in [0.717, 1.165) is 25.3 Å². The maximum Gasteiger partial charge on any atom is 0.314 e. The molecule has 184 valence electrons. The molecule has 0 saturated heterocycles. The summed E-state index contributed by atoms with van der Waals surface area (Å²) in [6.45, 7) is 3.83. The summed E-state index contributed by atoms with van der Waals surface area (Å²) in [6.07, 6.45) is 2.47. The second kappa shape index (κ2) is 8.19. The van der Waals surface area contributed by atoms with Gasteiger partial charge in [-0.2, -0.15) is 0 Å². The van der Waals surface area contributed by atoms with E-state index in [1.54, 1.807) is 24.3 Å². The van der Waals surface area contributed by atoms with E-state index in [4.69, 9.17) is 18.9 Å². The second-order valence-electron chi connectivity index (χ2n) is 9.15. The van der Waals surface area contributed by atoms with Crippen molar-refractivity contribution < 1.29 is 38.1 Å². The molecule has 2 aromatic carbocycles. The molecule has 1 aliphatic carbocycles. The van der Waals surface area contributed by atoms with Crippen LogP contribution in [0.2, 0.25) is 0 Å². The number of ether oxygens (including phenoxy) is 4. The van der Waals surface area contributed by atoms with Crippen molar-refractivity contribution in [3.8, 4) is 0 Å². The van der Waals surface area contributed by atoms with Crippen LogP contribution in [0.4, 0.5) is 0 Å². The Labute approximate surface area is 207 Å². The first-order valence-electron chi connectivity index (χ1n) is 11.4. The molecule has 5 rings (SSSR count). The van der Waals surface area contributed by atoms with Crippen LogP contribution in [-0.2, 0) is 38.1 Å². The largest absolute Gasteiger partial charge is 0.473 e. The summed E-state index contributed by atoms with van der Waals surface area (Å²) in [5.74, 6) is -5.70. The SMILES string of the molecule is COC(=O)[C@@H]1[C@H](C(=O)OC)[C@]2(OC(c3ccc(C)cc3)=CC2=O)[C@]12OC(c1ccc(C)cc1)=CC2=O. The zero-order valence-corrected chi connectivity index (χ0v) is 20.2. The second-order valence-corrected chi connectivity index (χ2v) is 9.15. The molecule has 2 aliphatic heterocycles. The van der Waals surface area contributed by atoms with Crippen LogP contribution in [0.3, 0.4) is 0 Å². The molecule has 2 heterocycles. The lowest BCUT2D eigenvalue weighted by Gasteiger charge is -2.58. The topological polar surface area (TPSA) is 105 Å². The minimum absolute atomic E-state index is 0.164. The molecule has 8 heteroatoms. The van der Waals surface area contributed by atoms with Crippen LogP contribution < -0.4 is 0 Å². The highest BCUT2D eigenvalue weighted by Crippen LogP contribution is 2.64. The molecule has 0 radical (unpaired) electrons. The Hall–Kier alpha value is -4.20. The van der Waals surface area contributed by atoms with E-state index in [9.17, 15) is 19.2 Å². The predicted octanol–water partition coefficient (Wildman–Crippen LogP) is 2.95. The summed E-state index contributed by atoms with van der Waals surface area (Å²) in [7, 11) is 2.27. The number of ketones is 2. The summed E-state index contributed by atoms with van der Waals surface area (Å²) >= 11 is 0. The Kier molecular flexibility index (Phi) is 5.35. The number of benzene rings is 2. The predicted molar refractivity (Wildman–Crippen MR) is 127 cm³/mol. The van der Waals surface area contributed by atoms with Crippen LogP contribution >= 0.6 is 0 Å². The summed E-state index contributed by atoms with van der Waals surface area (Å²) in [5, 5.41) is 0. The van der Waals surface area contributed by atoms with Crippen molar-refractivity contribution in [3.05, 3.63) is 82.9 Å². The maximum atomic E-state index is 13.7. The Bertz CT molecular complexity index is 1250. The standard InChI is InChI=1S/C28H24O8/c1-15-5-9-17(10-6-15)19-13-21(29)27(35-19)23(25(31)33-3)24(26(32)34-4)28(27)22(30)14-20(36-28)18-11-7-16(2)8-12-18/h5-14,23-24H,1-4H3/t23-,24+,27+,28-. The molecule has 4 atom stereocenters. The molecule has 0 aromatic heterocycles. The van der Waals surface area contributed by atoms with Crippen LogP contribution in [0.15, 0.2) is 60.7 Å². The number of esters is 2. The van der Waals surface area contributed by atoms with Gasteiger partial charge in [0, 0.05) is 23.3 Å². The van der Waals surface area contributed by atoms with Gasteiger partial charge in [-0.1, -0.05) is 59.7 Å². The van der Waals surface area contributed by atoms with Crippen LogP contribution in [0.5, 0.6) is 0 Å². The van der Waals surface area contributed by atoms with Crippen LogP contribution in [0.1, 0.15) is 22.3 Å². The van der Waals surface area contributed by atoms with Crippen molar-refractivity contribution in [1.29, 1.82) is 0 Å². The average Bonchev–Trinajstić information content (AvgIpc) is 3.42. The Morgan fingerprint density at radius 3 is 1.31 bits per heavy atom. The van der Waals surface area contributed by atoms with Gasteiger partial charge in [0.05, 0.1) is 14.2 Å². The van der Waals surface area contributed by atoms with Crippen molar-refractivity contribution in [3.63, 3.8) is 0 Å². The van der Waals surface area contributed by atoms with Crippen LogP contribution in [0, 0.1) is 25.7 Å². The van der Waals surface area contributed by atoms with Gasteiger partial charge in [-0.15, -0.1) is 0 Å². The highest BCUT2D eigenvalue weighted by Gasteiger charge is 2.89. The summed E-state index contributed by atoms with van der Waals surface area (Å²) < 4.78 is 22.3. The molecule has 0 bridgehead atoms. The highest BCUT2D eigenvalue weighted by molar-refractivity contribution is 6.21. The van der Waals surface area contributed by atoms with Crippen LogP contribution in [0.25, 0.3) is 11.5 Å². The molecule has 1 saturated carbocycles. The normalized spacial score (nSPS) is 28.2. The lowest BCUT2D eigenvalue weighted by atomic mass is 9.47. The first kappa shape index (κ1) is 23.5. The Balaban J connectivity index is 1.64. The molecule has 36 heavy (non-hydrogen) atoms. The molecule has 0 amide bonds. The highest BCUT2D eigenvalue weighted by atomic mass is 16.6. The number of fused-ring (bicyclic) bond motifs is 1. The van der Waals surface area contributed by atoms with Gasteiger partial charge >= 0.3 is 11.9 Å². The molecule has 0 N–H and O–H groups in total. The minimum atomic E-state index is -2.14. The number of hydrogen-bond donors (Lipinski definition) is 0. The van der Waals surface area contributed by atoms with Crippen molar-refractivity contribution in [2.45, 2.75) is 25.0 Å². The average molecular weight is 488 g/mol. The Morgan fingerprint density at radius 1 is 0.667 bits per heavy atom. The third-order valence-electron chi connectivity index (χ3n) is 7.14. The fourth-order valence-corrected chi connectivity index (χ4v) is 5.32. The van der Waals surface area contributed by atoms with E-state index in [1.807, 2.05) is 38.1 Å². The number of hydrogen-bond acceptors (Lipinski definition) is 8. The third-order valence-corrected chi connectivity index (χ3v) is 7.14. The van der Waals surface area contributed by atoms with Gasteiger partial charge in [0.2, 0.25) is 22.8 Å². The van der Waals surface area contributed by atoms with E-state index in [-0.39, 0.29) is 11.5 Å². The van der Waals surface area contributed by atoms with Gasteiger partial charge in [0.15, 0.2) is 0 Å². The molecular formula is C28H24O8. The quantitative estimate of drug-likeness (QED) is 0.605. The first-order chi connectivity index (χ1) is 17.2. The molecule has 2 spiro atoms. The Morgan fingerprint density at radius 2 is 1.00 bits per heavy atom. The number of carbonyl (C=O) groups excluding carboxylic acids is 4. The van der Waals surface area contributed by atoms with Crippen molar-refractivity contribution in [2.75, 3.05) is 14.2 Å². The lowest BCUT2D eigenvalue weighted by molar-refractivity contribution is -0.260. The first-order valence-corrected chi connectivity index (χ1v) is 11.4. The van der Waals surface area contributed by atoms with Gasteiger partial charge < -0.3 is 18.9 Å². The van der Waals surface area contributed by atoms with Gasteiger partial charge in [0.1, 0.15) is 23.4 Å². The van der Waals surface area contributed by atoms with Gasteiger partial charge in [-0.25, -0.2) is 0 Å². The van der Waals surface area contributed by atoms with Gasteiger partial charge in [-0.3, -0.25) is 19.2 Å². The summed E-state index contributed by atoms with van der Waals surface area (Å²) in [5.41, 5.74) is -1.14. The molecule has 1 fully saturated rings. The fourth-order valence-electron chi connectivity index (χ4n) is 5.32. The molecule has 8 nitrogen and oxygen atoms in total. The van der Waals surface area contributed by atoms with Crippen molar-refractivity contribution in [2.24, 2.45) is 11.8 Å². The maximum absolute atomic E-state index is 13.7. The number of rotatable bonds is 4. The van der Waals surface area contributed by atoms with E-state index in [2.05, 4.69) is 0 Å². The van der Waals surface area contributed by atoms with E-state index in [1.165, 1.54) is 12.2 Å². The smallest absolute Gasteiger partial charge is 0.314 e. The summed E-state index contributed by atoms with van der Waals surface area (Å²) in [6, 6.07) is 14.4. The summed E-state index contributed by atoms with van der Waals surface area (Å²) in [4.78, 5) is 53.4. The minimum Gasteiger partial charge on any atom is -0.473 e. The number of carbonyl (C=O) groups is 4. The van der Waals surface area contributed by atoms with Crippen molar-refractivity contribution in [1.82, 2.24) is 0 Å². The monoisotopic (exact) mass is 488 g/mol. The van der Waals surface area contributed by atoms with Crippen LogP contribution in [-0.4, -0.2) is 48.9 Å². The molecule has 0 unspecified atom stereocenters. The van der Waals surface area contributed by atoms with E-state index >= 15 is 0 Å². The molecular weight excluding hydrogens is 464 g/mol. The molecule has 2 aromatic rings. The number of methoxy groups -OCH3 is 2. The molecule has 3 aliphatic rings. The zero-order valence-electron chi connectivity index (χ0n) is 20.2. The number of aryl methyl sites for hydroxylation is 2. The van der Waals surface area contributed by atoms with Crippen molar-refractivity contribution >= 4 is 35.0 Å². The lowest BCUT2D eigenvalue weighted by Crippen LogP contribution is -2.84. The van der Waals surface area contributed by atoms with Gasteiger partial charge in [0.25, 0.3) is 0 Å². The third kappa shape index (κ3) is 3.00. The zero-order chi connectivity index (χ0) is 25.8.